The van der Waals surface area contributed by atoms with E-state index in [1.165, 1.54) is 11.8 Å². The van der Waals surface area contributed by atoms with Crippen LogP contribution in [0.5, 0.6) is 0 Å². The number of thiophene rings is 1. The van der Waals surface area contributed by atoms with E-state index in [9.17, 15) is 9.59 Å². The summed E-state index contributed by atoms with van der Waals surface area (Å²) in [5, 5.41) is 4.99. The van der Waals surface area contributed by atoms with E-state index >= 15 is 0 Å². The first-order valence-corrected chi connectivity index (χ1v) is 12.3. The number of aromatic nitrogens is 2. The van der Waals surface area contributed by atoms with Crippen molar-refractivity contribution in [2.45, 2.75) is 57.3 Å². The molecule has 1 aromatic carbocycles. The summed E-state index contributed by atoms with van der Waals surface area (Å²) in [6.07, 6.45) is 4.24. The number of benzene rings is 1. The SMILES string of the molecule is Cc1sc2nc(SCC(=O)NCc3ccc(Cl)cc3)n(C3CCCC3)c(=O)c2c1C. The summed E-state index contributed by atoms with van der Waals surface area (Å²) in [5.41, 5.74) is 2.05. The average molecular weight is 462 g/mol. The Bertz CT molecular complexity index is 1130. The van der Waals surface area contributed by atoms with Crippen molar-refractivity contribution in [1.29, 1.82) is 0 Å². The predicted octanol–water partition coefficient (Wildman–Crippen LogP) is 5.25. The van der Waals surface area contributed by atoms with Gasteiger partial charge < -0.3 is 5.32 Å². The third-order valence-corrected chi connectivity index (χ3v) is 7.93. The lowest BCUT2D eigenvalue weighted by Gasteiger charge is -2.18. The van der Waals surface area contributed by atoms with E-state index in [-0.39, 0.29) is 23.3 Å². The van der Waals surface area contributed by atoms with Crippen LogP contribution in [0.15, 0.2) is 34.2 Å². The Hall–Kier alpha value is -1.83. The smallest absolute Gasteiger partial charge is 0.263 e. The third kappa shape index (κ3) is 4.43. The van der Waals surface area contributed by atoms with E-state index in [0.29, 0.717) is 16.7 Å². The zero-order valence-electron chi connectivity index (χ0n) is 17.0. The van der Waals surface area contributed by atoms with Crippen LogP contribution in [0.2, 0.25) is 5.02 Å². The van der Waals surface area contributed by atoms with Gasteiger partial charge in [0.05, 0.1) is 11.1 Å². The van der Waals surface area contributed by atoms with Gasteiger partial charge in [-0.3, -0.25) is 14.2 Å². The predicted molar refractivity (Wildman–Crippen MR) is 125 cm³/mol. The van der Waals surface area contributed by atoms with Gasteiger partial charge in [0.15, 0.2) is 5.16 Å². The van der Waals surface area contributed by atoms with E-state index in [2.05, 4.69) is 5.32 Å². The molecule has 1 aliphatic rings. The molecule has 1 fully saturated rings. The van der Waals surface area contributed by atoms with E-state index in [0.717, 1.165) is 51.9 Å². The highest BCUT2D eigenvalue weighted by molar-refractivity contribution is 7.99. The second kappa shape index (κ2) is 9.12. The van der Waals surface area contributed by atoms with Gasteiger partial charge in [0.25, 0.3) is 5.56 Å². The van der Waals surface area contributed by atoms with Gasteiger partial charge in [0, 0.05) is 22.5 Å². The van der Waals surface area contributed by atoms with Crippen LogP contribution in [-0.4, -0.2) is 21.2 Å². The number of rotatable bonds is 6. The summed E-state index contributed by atoms with van der Waals surface area (Å²) < 4.78 is 1.85. The highest BCUT2D eigenvalue weighted by atomic mass is 35.5. The number of amides is 1. The van der Waals surface area contributed by atoms with Gasteiger partial charge in [-0.05, 0) is 49.9 Å². The lowest BCUT2D eigenvalue weighted by molar-refractivity contribution is -0.118. The standard InChI is InChI=1S/C22H24ClN3O2S2/c1-13-14(2)30-20-19(13)21(28)26(17-5-3-4-6-17)22(25-20)29-12-18(27)24-11-15-7-9-16(23)10-8-15/h7-10,17H,3-6,11-12H2,1-2H3,(H,24,27). The monoisotopic (exact) mass is 461 g/mol. The van der Waals surface area contributed by atoms with Gasteiger partial charge in [0.2, 0.25) is 5.91 Å². The van der Waals surface area contributed by atoms with Crippen molar-refractivity contribution in [1.82, 2.24) is 14.9 Å². The Balaban J connectivity index is 1.53. The number of hydrogen-bond acceptors (Lipinski definition) is 5. The zero-order valence-corrected chi connectivity index (χ0v) is 19.4. The van der Waals surface area contributed by atoms with Crippen LogP contribution in [0, 0.1) is 13.8 Å². The number of aryl methyl sites for hydroxylation is 2. The van der Waals surface area contributed by atoms with Crippen LogP contribution in [0.25, 0.3) is 10.2 Å². The van der Waals surface area contributed by atoms with Crippen LogP contribution in [0.1, 0.15) is 47.7 Å². The number of halogens is 1. The third-order valence-electron chi connectivity index (χ3n) is 5.63. The Kier molecular flexibility index (Phi) is 6.51. The molecule has 0 atom stereocenters. The van der Waals surface area contributed by atoms with Gasteiger partial charge in [-0.15, -0.1) is 11.3 Å². The topological polar surface area (TPSA) is 64.0 Å². The molecular formula is C22H24ClN3O2S2. The van der Waals surface area contributed by atoms with Gasteiger partial charge in [-0.25, -0.2) is 4.98 Å². The van der Waals surface area contributed by atoms with Crippen LogP contribution in [0.3, 0.4) is 0 Å². The molecule has 1 N–H and O–H groups in total. The maximum Gasteiger partial charge on any atom is 0.263 e. The molecule has 1 amide bonds. The summed E-state index contributed by atoms with van der Waals surface area (Å²) in [6, 6.07) is 7.58. The lowest BCUT2D eigenvalue weighted by Crippen LogP contribution is -2.28. The lowest BCUT2D eigenvalue weighted by atomic mass is 10.2. The molecule has 2 heterocycles. The largest absolute Gasteiger partial charge is 0.351 e. The summed E-state index contributed by atoms with van der Waals surface area (Å²) in [5.74, 6) is 0.141. The van der Waals surface area contributed by atoms with E-state index in [4.69, 9.17) is 16.6 Å². The quantitative estimate of drug-likeness (QED) is 0.402. The molecular weight excluding hydrogens is 438 g/mol. The highest BCUT2D eigenvalue weighted by Crippen LogP contribution is 2.34. The van der Waals surface area contributed by atoms with Crippen molar-refractivity contribution in [3.63, 3.8) is 0 Å². The number of nitrogens with zero attached hydrogens (tertiary/aromatic N) is 2. The van der Waals surface area contributed by atoms with Crippen molar-refractivity contribution in [2.24, 2.45) is 0 Å². The summed E-state index contributed by atoms with van der Waals surface area (Å²) in [6.45, 7) is 4.47. The fraction of sp³-hybridized carbons (Fsp3) is 0.409. The normalized spacial score (nSPS) is 14.5. The minimum Gasteiger partial charge on any atom is -0.351 e. The number of nitrogens with one attached hydrogen (secondary N) is 1. The number of fused-ring (bicyclic) bond motifs is 1. The average Bonchev–Trinajstić information content (AvgIpc) is 3.34. The van der Waals surface area contributed by atoms with E-state index in [1.54, 1.807) is 11.3 Å². The second-order valence-corrected chi connectivity index (χ2v) is 10.2. The van der Waals surface area contributed by atoms with E-state index < -0.39 is 0 Å². The summed E-state index contributed by atoms with van der Waals surface area (Å²) >= 11 is 8.80. The first-order valence-electron chi connectivity index (χ1n) is 10.1. The summed E-state index contributed by atoms with van der Waals surface area (Å²) in [7, 11) is 0. The van der Waals surface area contributed by atoms with Crippen LogP contribution < -0.4 is 10.9 Å². The van der Waals surface area contributed by atoms with Gasteiger partial charge >= 0.3 is 0 Å². The van der Waals surface area contributed by atoms with Crippen molar-refractivity contribution in [3.05, 3.63) is 55.6 Å². The number of carbonyl (C=O) groups excluding carboxylic acids is 1. The number of thioether (sulfide) groups is 1. The molecule has 0 aliphatic heterocycles. The Morgan fingerprint density at radius 2 is 1.97 bits per heavy atom. The minimum atomic E-state index is -0.0826. The molecule has 1 saturated carbocycles. The molecule has 0 radical (unpaired) electrons. The molecule has 0 saturated heterocycles. The molecule has 3 aromatic rings. The number of carbonyl (C=O) groups is 1. The first-order chi connectivity index (χ1) is 14.4. The Morgan fingerprint density at radius 1 is 1.27 bits per heavy atom. The number of hydrogen-bond donors (Lipinski definition) is 1. The maximum absolute atomic E-state index is 13.4. The Labute approximate surface area is 188 Å². The molecule has 158 valence electrons. The van der Waals surface area contributed by atoms with Gasteiger partial charge in [-0.1, -0.05) is 48.3 Å². The van der Waals surface area contributed by atoms with Crippen molar-refractivity contribution in [2.75, 3.05) is 5.75 Å². The van der Waals surface area contributed by atoms with Crippen molar-refractivity contribution >= 4 is 50.8 Å². The van der Waals surface area contributed by atoms with Crippen LogP contribution in [-0.2, 0) is 11.3 Å². The second-order valence-electron chi connectivity index (χ2n) is 7.66. The molecule has 30 heavy (non-hydrogen) atoms. The fourth-order valence-electron chi connectivity index (χ4n) is 3.86. The highest BCUT2D eigenvalue weighted by Gasteiger charge is 2.25. The molecule has 2 aromatic heterocycles. The van der Waals surface area contributed by atoms with Crippen LogP contribution >= 0.6 is 34.7 Å². The van der Waals surface area contributed by atoms with Crippen molar-refractivity contribution < 1.29 is 4.79 Å². The molecule has 8 heteroatoms. The van der Waals surface area contributed by atoms with Gasteiger partial charge in [-0.2, -0.15) is 0 Å². The molecule has 0 unspecified atom stereocenters. The molecule has 5 nitrogen and oxygen atoms in total. The first kappa shape index (κ1) is 21.4. The van der Waals surface area contributed by atoms with Crippen molar-refractivity contribution in [3.8, 4) is 0 Å². The van der Waals surface area contributed by atoms with Gasteiger partial charge in [0.1, 0.15) is 4.83 Å². The zero-order chi connectivity index (χ0) is 21.3. The minimum absolute atomic E-state index is 0.0397. The maximum atomic E-state index is 13.4. The molecule has 4 rings (SSSR count). The Morgan fingerprint density at radius 3 is 2.67 bits per heavy atom. The van der Waals surface area contributed by atoms with E-state index in [1.807, 2.05) is 42.7 Å². The molecule has 0 spiro atoms. The van der Waals surface area contributed by atoms with Crippen LogP contribution in [0.4, 0.5) is 0 Å². The summed E-state index contributed by atoms with van der Waals surface area (Å²) in [4.78, 5) is 32.5. The fourth-order valence-corrected chi connectivity index (χ4v) is 5.95. The molecule has 1 aliphatic carbocycles. The molecule has 0 bridgehead atoms.